The Labute approximate surface area is 166 Å². The maximum atomic E-state index is 12.6. The van der Waals surface area contributed by atoms with Crippen LogP contribution in [0.3, 0.4) is 0 Å². The number of nitrogens with zero attached hydrogens (tertiary/aromatic N) is 3. The minimum Gasteiger partial charge on any atom is -0.492 e. The van der Waals surface area contributed by atoms with E-state index in [4.69, 9.17) is 16.3 Å². The van der Waals surface area contributed by atoms with E-state index in [-0.39, 0.29) is 11.8 Å². The fourth-order valence-electron chi connectivity index (χ4n) is 3.76. The molecule has 1 unspecified atom stereocenters. The summed E-state index contributed by atoms with van der Waals surface area (Å²) in [4.78, 5) is 29.9. The van der Waals surface area contributed by atoms with Gasteiger partial charge in [-0.2, -0.15) is 0 Å². The Balaban J connectivity index is 1.43. The van der Waals surface area contributed by atoms with Crippen LogP contribution < -0.4 is 4.74 Å². The molecule has 2 saturated heterocycles. The second-order valence-corrected chi connectivity index (χ2v) is 7.78. The molecule has 3 rings (SSSR count). The second-order valence-electron chi connectivity index (χ2n) is 7.37. The molecule has 0 bridgehead atoms. The normalized spacial score (nSPS) is 21.2. The van der Waals surface area contributed by atoms with E-state index in [0.29, 0.717) is 50.3 Å². The highest BCUT2D eigenvalue weighted by Crippen LogP contribution is 2.25. The summed E-state index contributed by atoms with van der Waals surface area (Å²) in [7, 11) is 0. The summed E-state index contributed by atoms with van der Waals surface area (Å²) in [6.07, 6.45) is 2.17. The van der Waals surface area contributed by atoms with Crippen molar-refractivity contribution < 1.29 is 14.3 Å². The van der Waals surface area contributed by atoms with Crippen LogP contribution in [0.4, 0.5) is 0 Å². The summed E-state index contributed by atoms with van der Waals surface area (Å²) in [5.41, 5.74) is 0. The summed E-state index contributed by atoms with van der Waals surface area (Å²) in [6.45, 7) is 6.98. The molecule has 2 amide bonds. The van der Waals surface area contributed by atoms with Gasteiger partial charge in [0.05, 0.1) is 18.2 Å². The first-order valence-corrected chi connectivity index (χ1v) is 10.0. The van der Waals surface area contributed by atoms with Crippen LogP contribution >= 0.6 is 11.6 Å². The van der Waals surface area contributed by atoms with Gasteiger partial charge in [-0.15, -0.1) is 0 Å². The van der Waals surface area contributed by atoms with Crippen LogP contribution in [0.25, 0.3) is 0 Å². The van der Waals surface area contributed by atoms with Crippen LogP contribution in [0.5, 0.6) is 5.75 Å². The topological polar surface area (TPSA) is 53.1 Å². The van der Waals surface area contributed by atoms with Gasteiger partial charge in [-0.1, -0.05) is 23.7 Å². The number of rotatable bonds is 5. The number of carbonyl (C=O) groups is 2. The van der Waals surface area contributed by atoms with Gasteiger partial charge in [-0.25, -0.2) is 0 Å². The van der Waals surface area contributed by atoms with E-state index in [1.54, 1.807) is 11.8 Å². The maximum Gasteiger partial charge on any atom is 0.236 e. The molecule has 1 aromatic rings. The van der Waals surface area contributed by atoms with Gasteiger partial charge in [0.15, 0.2) is 0 Å². The van der Waals surface area contributed by atoms with Gasteiger partial charge in [-0.05, 0) is 31.5 Å². The Hall–Kier alpha value is -1.79. The van der Waals surface area contributed by atoms with Crippen LogP contribution in [0.1, 0.15) is 19.8 Å². The standard InChI is InChI=1S/C20H28ClN3O3/c1-16(25)23-9-11-24(12-10-23)20(26)14-22-8-4-5-17(13-22)15-27-19-7-3-2-6-18(19)21/h2-3,6-7,17H,4-5,8-15H2,1H3. The average Bonchev–Trinajstić information content (AvgIpc) is 2.68. The SMILES string of the molecule is CC(=O)N1CCN(C(=O)CN2CCCC(COc3ccccc3Cl)C2)CC1. The zero-order valence-electron chi connectivity index (χ0n) is 15.9. The smallest absolute Gasteiger partial charge is 0.236 e. The molecule has 0 N–H and O–H groups in total. The zero-order chi connectivity index (χ0) is 19.2. The molecule has 0 radical (unpaired) electrons. The average molecular weight is 394 g/mol. The molecule has 1 atom stereocenters. The van der Waals surface area contributed by atoms with Crippen molar-refractivity contribution in [2.75, 3.05) is 52.4 Å². The molecule has 2 fully saturated rings. The summed E-state index contributed by atoms with van der Waals surface area (Å²) < 4.78 is 5.89. The Bertz CT molecular complexity index is 662. The number of piperidine rings is 1. The molecule has 27 heavy (non-hydrogen) atoms. The second kappa shape index (κ2) is 9.42. The number of halogens is 1. The first-order valence-electron chi connectivity index (χ1n) is 9.66. The quantitative estimate of drug-likeness (QED) is 0.769. The van der Waals surface area contributed by atoms with Crippen molar-refractivity contribution in [1.29, 1.82) is 0 Å². The maximum absolute atomic E-state index is 12.6. The Morgan fingerprint density at radius 3 is 2.52 bits per heavy atom. The third kappa shape index (κ3) is 5.59. The number of carbonyl (C=O) groups excluding carboxylic acids is 2. The zero-order valence-corrected chi connectivity index (χ0v) is 16.7. The number of likely N-dealkylation sites (tertiary alicyclic amines) is 1. The largest absolute Gasteiger partial charge is 0.492 e. The van der Waals surface area contributed by atoms with E-state index in [0.717, 1.165) is 31.7 Å². The van der Waals surface area contributed by atoms with Gasteiger partial charge in [-0.3, -0.25) is 14.5 Å². The molecule has 1 aromatic carbocycles. The van der Waals surface area contributed by atoms with E-state index in [1.807, 2.05) is 29.2 Å². The number of amides is 2. The molecule has 0 aliphatic carbocycles. The number of hydrogen-bond acceptors (Lipinski definition) is 4. The van der Waals surface area contributed by atoms with Crippen molar-refractivity contribution in [2.24, 2.45) is 5.92 Å². The third-order valence-corrected chi connectivity index (χ3v) is 5.66. The van der Waals surface area contributed by atoms with Crippen LogP contribution in [-0.4, -0.2) is 78.9 Å². The van der Waals surface area contributed by atoms with Gasteiger partial charge in [0, 0.05) is 45.6 Å². The fraction of sp³-hybridized carbons (Fsp3) is 0.600. The predicted molar refractivity (Wildman–Crippen MR) is 105 cm³/mol. The fourth-order valence-corrected chi connectivity index (χ4v) is 3.95. The highest BCUT2D eigenvalue weighted by atomic mass is 35.5. The van der Waals surface area contributed by atoms with Crippen molar-refractivity contribution in [2.45, 2.75) is 19.8 Å². The Morgan fingerprint density at radius 1 is 1.11 bits per heavy atom. The molecular weight excluding hydrogens is 366 g/mol. The lowest BCUT2D eigenvalue weighted by Gasteiger charge is -2.37. The number of benzene rings is 1. The number of piperazine rings is 1. The summed E-state index contributed by atoms with van der Waals surface area (Å²) in [5.74, 6) is 1.36. The van der Waals surface area contributed by atoms with Gasteiger partial charge in [0.2, 0.25) is 11.8 Å². The van der Waals surface area contributed by atoms with Crippen molar-refractivity contribution in [1.82, 2.24) is 14.7 Å². The molecular formula is C20H28ClN3O3. The van der Waals surface area contributed by atoms with Gasteiger partial charge >= 0.3 is 0 Å². The number of ether oxygens (including phenoxy) is 1. The van der Waals surface area contributed by atoms with Gasteiger partial charge in [0.1, 0.15) is 5.75 Å². The predicted octanol–water partition coefficient (Wildman–Crippen LogP) is 2.12. The van der Waals surface area contributed by atoms with E-state index in [2.05, 4.69) is 4.90 Å². The highest BCUT2D eigenvalue weighted by molar-refractivity contribution is 6.32. The molecule has 0 saturated carbocycles. The lowest BCUT2D eigenvalue weighted by Crippen LogP contribution is -2.53. The lowest BCUT2D eigenvalue weighted by atomic mass is 9.99. The first-order chi connectivity index (χ1) is 13.0. The summed E-state index contributed by atoms with van der Waals surface area (Å²) >= 11 is 6.15. The van der Waals surface area contributed by atoms with Crippen LogP contribution in [-0.2, 0) is 9.59 Å². The van der Waals surface area contributed by atoms with E-state index < -0.39 is 0 Å². The van der Waals surface area contributed by atoms with E-state index >= 15 is 0 Å². The van der Waals surface area contributed by atoms with Crippen LogP contribution in [0, 0.1) is 5.92 Å². The Kier molecular flexibility index (Phi) is 6.96. The van der Waals surface area contributed by atoms with Crippen molar-refractivity contribution >= 4 is 23.4 Å². The van der Waals surface area contributed by atoms with Crippen molar-refractivity contribution in [3.8, 4) is 5.75 Å². The van der Waals surface area contributed by atoms with Crippen molar-refractivity contribution in [3.05, 3.63) is 29.3 Å². The monoisotopic (exact) mass is 393 g/mol. The minimum absolute atomic E-state index is 0.0829. The minimum atomic E-state index is 0.0829. The van der Waals surface area contributed by atoms with Crippen LogP contribution in [0.2, 0.25) is 5.02 Å². The molecule has 0 spiro atoms. The molecule has 148 valence electrons. The van der Waals surface area contributed by atoms with E-state index in [1.165, 1.54) is 0 Å². The van der Waals surface area contributed by atoms with Gasteiger partial charge in [0.25, 0.3) is 0 Å². The molecule has 2 aliphatic rings. The third-order valence-electron chi connectivity index (χ3n) is 5.35. The lowest BCUT2D eigenvalue weighted by molar-refractivity contribution is -0.139. The summed E-state index contributed by atoms with van der Waals surface area (Å²) in [5, 5.41) is 0.630. The summed E-state index contributed by atoms with van der Waals surface area (Å²) in [6, 6.07) is 7.51. The van der Waals surface area contributed by atoms with Crippen molar-refractivity contribution in [3.63, 3.8) is 0 Å². The van der Waals surface area contributed by atoms with E-state index in [9.17, 15) is 9.59 Å². The van der Waals surface area contributed by atoms with Crippen LogP contribution in [0.15, 0.2) is 24.3 Å². The number of hydrogen-bond donors (Lipinski definition) is 0. The van der Waals surface area contributed by atoms with Gasteiger partial charge < -0.3 is 14.5 Å². The molecule has 6 nitrogen and oxygen atoms in total. The molecule has 2 aliphatic heterocycles. The molecule has 2 heterocycles. The molecule has 7 heteroatoms. The first kappa shape index (κ1) is 20.0. The highest BCUT2D eigenvalue weighted by Gasteiger charge is 2.26. The Morgan fingerprint density at radius 2 is 1.81 bits per heavy atom. The molecule has 0 aromatic heterocycles. The number of para-hydroxylation sites is 1.